The summed E-state index contributed by atoms with van der Waals surface area (Å²) in [7, 11) is 1.58. The maximum Gasteiger partial charge on any atom is 0.317 e. The van der Waals surface area contributed by atoms with Crippen LogP contribution in [0.25, 0.3) is 10.9 Å². The lowest BCUT2D eigenvalue weighted by molar-refractivity contribution is 0.0531. The number of hydrogen-bond donors (Lipinski definition) is 2. The second-order valence-electron chi connectivity index (χ2n) is 5.34. The molecule has 2 aromatic rings. The summed E-state index contributed by atoms with van der Waals surface area (Å²) in [6.45, 7) is 2.42. The van der Waals surface area contributed by atoms with Gasteiger partial charge in [0, 0.05) is 31.3 Å². The Kier molecular flexibility index (Phi) is 4.47. The number of pyridine rings is 1. The molecule has 7 heteroatoms. The highest BCUT2D eigenvalue weighted by molar-refractivity contribution is 5.80. The number of hydrogen-bond acceptors (Lipinski definition) is 4. The monoisotopic (exact) mass is 317 g/mol. The Morgan fingerprint density at radius 2 is 2.13 bits per heavy atom. The smallest absolute Gasteiger partial charge is 0.317 e. The maximum atomic E-state index is 12.1. The molecule has 2 heterocycles. The number of nitrogens with one attached hydrogen (secondary N) is 2. The first kappa shape index (κ1) is 15.4. The van der Waals surface area contributed by atoms with E-state index in [0.717, 1.165) is 5.39 Å². The molecule has 0 bridgehead atoms. The van der Waals surface area contributed by atoms with Crippen molar-refractivity contribution < 1.29 is 14.3 Å². The average Bonchev–Trinajstić information content (AvgIpc) is 2.60. The van der Waals surface area contributed by atoms with Gasteiger partial charge < -0.3 is 24.7 Å². The van der Waals surface area contributed by atoms with E-state index >= 15 is 0 Å². The van der Waals surface area contributed by atoms with Gasteiger partial charge >= 0.3 is 6.03 Å². The molecule has 2 amide bonds. The van der Waals surface area contributed by atoms with Crippen molar-refractivity contribution >= 4 is 16.9 Å². The van der Waals surface area contributed by atoms with Gasteiger partial charge in [-0.25, -0.2) is 4.79 Å². The molecule has 0 unspecified atom stereocenters. The quantitative estimate of drug-likeness (QED) is 0.887. The fourth-order valence-corrected chi connectivity index (χ4v) is 2.53. The summed E-state index contributed by atoms with van der Waals surface area (Å²) in [6.07, 6.45) is 0. The second-order valence-corrected chi connectivity index (χ2v) is 5.34. The Bertz CT molecular complexity index is 765. The fourth-order valence-electron chi connectivity index (χ4n) is 2.53. The van der Waals surface area contributed by atoms with E-state index in [1.54, 1.807) is 24.1 Å². The number of rotatable bonds is 3. The van der Waals surface area contributed by atoms with Gasteiger partial charge in [-0.05, 0) is 23.6 Å². The number of fused-ring (bicyclic) bond motifs is 1. The third kappa shape index (κ3) is 3.45. The SMILES string of the molecule is COc1ccc2cc(CNC(=O)N3CCOCC3)c(=O)[nH]c2c1. The minimum atomic E-state index is -0.215. The summed E-state index contributed by atoms with van der Waals surface area (Å²) >= 11 is 0. The van der Waals surface area contributed by atoms with Crippen molar-refractivity contribution in [2.24, 2.45) is 0 Å². The largest absolute Gasteiger partial charge is 0.497 e. The van der Waals surface area contributed by atoms with Crippen LogP contribution in [-0.4, -0.2) is 49.3 Å². The summed E-state index contributed by atoms with van der Waals surface area (Å²) in [4.78, 5) is 28.7. The van der Waals surface area contributed by atoms with Gasteiger partial charge in [0.25, 0.3) is 5.56 Å². The van der Waals surface area contributed by atoms with Crippen LogP contribution in [0.1, 0.15) is 5.56 Å². The number of carbonyl (C=O) groups is 1. The predicted octanol–water partition coefficient (Wildman–Crippen LogP) is 1.08. The number of aromatic nitrogens is 1. The first-order valence-electron chi connectivity index (χ1n) is 7.48. The fraction of sp³-hybridized carbons (Fsp3) is 0.375. The Morgan fingerprint density at radius 1 is 1.35 bits per heavy atom. The molecule has 122 valence electrons. The number of morpholine rings is 1. The number of methoxy groups -OCH3 is 1. The van der Waals surface area contributed by atoms with Crippen LogP contribution < -0.4 is 15.6 Å². The van der Waals surface area contributed by atoms with Crippen molar-refractivity contribution in [2.45, 2.75) is 6.54 Å². The molecule has 1 saturated heterocycles. The van der Waals surface area contributed by atoms with Gasteiger partial charge in [-0.1, -0.05) is 0 Å². The van der Waals surface area contributed by atoms with E-state index in [-0.39, 0.29) is 18.1 Å². The van der Waals surface area contributed by atoms with Crippen LogP contribution in [0.2, 0.25) is 0 Å². The highest BCUT2D eigenvalue weighted by Gasteiger charge is 2.16. The van der Waals surface area contributed by atoms with Gasteiger partial charge in [-0.2, -0.15) is 0 Å². The summed E-state index contributed by atoms with van der Waals surface area (Å²) < 4.78 is 10.4. The van der Waals surface area contributed by atoms with E-state index in [4.69, 9.17) is 9.47 Å². The number of benzene rings is 1. The normalized spacial score (nSPS) is 14.7. The zero-order chi connectivity index (χ0) is 16.2. The standard InChI is InChI=1S/C16H19N3O4/c1-22-13-3-2-11-8-12(15(20)18-14(11)9-13)10-17-16(21)19-4-6-23-7-5-19/h2-3,8-9H,4-7,10H2,1H3,(H,17,21)(H,18,20). The maximum absolute atomic E-state index is 12.1. The number of urea groups is 1. The number of H-pyrrole nitrogens is 1. The minimum Gasteiger partial charge on any atom is -0.497 e. The van der Waals surface area contributed by atoms with E-state index in [1.165, 1.54) is 0 Å². The van der Waals surface area contributed by atoms with Crippen LogP contribution in [0, 0.1) is 0 Å². The molecule has 7 nitrogen and oxygen atoms in total. The van der Waals surface area contributed by atoms with Gasteiger partial charge in [-0.3, -0.25) is 4.79 Å². The Balaban J connectivity index is 1.73. The molecule has 0 spiro atoms. The second kappa shape index (κ2) is 6.70. The van der Waals surface area contributed by atoms with Crippen LogP contribution in [0.15, 0.2) is 29.1 Å². The summed E-state index contributed by atoms with van der Waals surface area (Å²) in [5.74, 6) is 0.682. The van der Waals surface area contributed by atoms with Crippen LogP contribution in [-0.2, 0) is 11.3 Å². The van der Waals surface area contributed by atoms with Crippen molar-refractivity contribution in [1.29, 1.82) is 0 Å². The predicted molar refractivity (Wildman–Crippen MR) is 85.7 cm³/mol. The highest BCUT2D eigenvalue weighted by atomic mass is 16.5. The summed E-state index contributed by atoms with van der Waals surface area (Å²) in [6, 6.07) is 7.08. The third-order valence-corrected chi connectivity index (χ3v) is 3.86. The first-order chi connectivity index (χ1) is 11.2. The molecule has 1 aromatic heterocycles. The zero-order valence-electron chi connectivity index (χ0n) is 12.9. The summed E-state index contributed by atoms with van der Waals surface area (Å²) in [5, 5.41) is 3.67. The van der Waals surface area contributed by atoms with Crippen molar-refractivity contribution in [1.82, 2.24) is 15.2 Å². The van der Waals surface area contributed by atoms with Gasteiger partial charge in [0.1, 0.15) is 5.75 Å². The Hall–Kier alpha value is -2.54. The molecule has 1 fully saturated rings. The lowest BCUT2D eigenvalue weighted by Crippen LogP contribution is -2.46. The van der Waals surface area contributed by atoms with Crippen molar-refractivity contribution in [3.63, 3.8) is 0 Å². The van der Waals surface area contributed by atoms with Gasteiger partial charge in [0.2, 0.25) is 0 Å². The zero-order valence-corrected chi connectivity index (χ0v) is 12.9. The van der Waals surface area contributed by atoms with Crippen molar-refractivity contribution in [2.75, 3.05) is 33.4 Å². The topological polar surface area (TPSA) is 83.7 Å². The Morgan fingerprint density at radius 3 is 2.87 bits per heavy atom. The molecule has 0 radical (unpaired) electrons. The lowest BCUT2D eigenvalue weighted by Gasteiger charge is -2.26. The molecule has 0 atom stereocenters. The molecular formula is C16H19N3O4. The third-order valence-electron chi connectivity index (χ3n) is 3.86. The molecule has 23 heavy (non-hydrogen) atoms. The van der Waals surface area contributed by atoms with Gasteiger partial charge in [0.05, 0.1) is 25.8 Å². The van der Waals surface area contributed by atoms with Crippen molar-refractivity contribution in [3.05, 3.63) is 40.2 Å². The molecule has 1 aliphatic heterocycles. The molecular weight excluding hydrogens is 298 g/mol. The van der Waals surface area contributed by atoms with Crippen LogP contribution in [0.4, 0.5) is 4.79 Å². The first-order valence-corrected chi connectivity index (χ1v) is 7.48. The van der Waals surface area contributed by atoms with Crippen molar-refractivity contribution in [3.8, 4) is 5.75 Å². The lowest BCUT2D eigenvalue weighted by atomic mass is 10.1. The van der Waals surface area contributed by atoms with Crippen LogP contribution in [0.5, 0.6) is 5.75 Å². The number of carbonyl (C=O) groups excluding carboxylic acids is 1. The molecule has 3 rings (SSSR count). The number of nitrogens with zero attached hydrogens (tertiary/aromatic N) is 1. The van der Waals surface area contributed by atoms with E-state index in [0.29, 0.717) is 43.1 Å². The number of ether oxygens (including phenoxy) is 2. The average molecular weight is 317 g/mol. The number of aromatic amines is 1. The molecule has 1 aromatic carbocycles. The molecule has 0 aliphatic carbocycles. The Labute approximate surface area is 133 Å². The van der Waals surface area contributed by atoms with E-state index in [2.05, 4.69) is 10.3 Å². The molecule has 2 N–H and O–H groups in total. The number of amides is 2. The van der Waals surface area contributed by atoms with Crippen LogP contribution in [0.3, 0.4) is 0 Å². The van der Waals surface area contributed by atoms with Gasteiger partial charge in [0.15, 0.2) is 0 Å². The highest BCUT2D eigenvalue weighted by Crippen LogP contribution is 2.18. The molecule has 1 aliphatic rings. The summed E-state index contributed by atoms with van der Waals surface area (Å²) in [5.41, 5.74) is 1.01. The van der Waals surface area contributed by atoms with Crippen LogP contribution >= 0.6 is 0 Å². The van der Waals surface area contributed by atoms with E-state index in [9.17, 15) is 9.59 Å². The van der Waals surface area contributed by atoms with E-state index in [1.807, 2.05) is 12.1 Å². The minimum absolute atomic E-state index is 0.178. The molecule has 0 saturated carbocycles. The van der Waals surface area contributed by atoms with E-state index < -0.39 is 0 Å². The van der Waals surface area contributed by atoms with Gasteiger partial charge in [-0.15, -0.1) is 0 Å².